The molecule has 0 aromatic heterocycles. The molecule has 0 unspecified atom stereocenters. The predicted octanol–water partition coefficient (Wildman–Crippen LogP) is 2.94. The summed E-state index contributed by atoms with van der Waals surface area (Å²) in [5.41, 5.74) is 4.39. The van der Waals surface area contributed by atoms with E-state index in [1.54, 1.807) is 26.4 Å². The molecule has 0 fully saturated rings. The highest BCUT2D eigenvalue weighted by Crippen LogP contribution is 2.48. The molecule has 0 aliphatic carbocycles. The van der Waals surface area contributed by atoms with E-state index >= 15 is 0 Å². The summed E-state index contributed by atoms with van der Waals surface area (Å²) >= 11 is 0. The van der Waals surface area contributed by atoms with Gasteiger partial charge in [0.15, 0.2) is 23.0 Å². The molecule has 2 aromatic carbocycles. The molecule has 0 spiro atoms. The van der Waals surface area contributed by atoms with Crippen LogP contribution in [0, 0.1) is 0 Å². The van der Waals surface area contributed by atoms with Gasteiger partial charge in [0.05, 0.1) is 14.2 Å². The monoisotopic (exact) mass is 341 g/mol. The average Bonchev–Trinajstić information content (AvgIpc) is 2.60. The Morgan fingerprint density at radius 3 is 2.52 bits per heavy atom. The molecule has 2 aromatic rings. The minimum Gasteiger partial charge on any atom is -0.504 e. The highest BCUT2D eigenvalue weighted by molar-refractivity contribution is 5.55. The normalized spacial score (nSPS) is 21.9. The number of hydrogen-bond acceptors (Lipinski definition) is 5. The van der Waals surface area contributed by atoms with Crippen molar-refractivity contribution in [2.24, 2.45) is 0 Å². The number of ether oxygens (including phenoxy) is 2. The van der Waals surface area contributed by atoms with Crippen molar-refractivity contribution in [1.82, 2.24) is 4.90 Å². The standard InChI is InChI=1S/C20H23NO4/c1-20-10-13-4-5-18(24-2)19(25-3)14(13)11-21(20)7-6-12-8-16(22)17(23)9-15(12)20/h4-5,8-9,22-23H,6-7,10-11H2,1-3H3/t20-/m1/s1. The predicted molar refractivity (Wildman–Crippen MR) is 94.5 cm³/mol. The zero-order valence-corrected chi connectivity index (χ0v) is 14.8. The van der Waals surface area contributed by atoms with Crippen molar-refractivity contribution in [2.45, 2.75) is 31.8 Å². The summed E-state index contributed by atoms with van der Waals surface area (Å²) in [5, 5.41) is 19.9. The molecule has 4 rings (SSSR count). The van der Waals surface area contributed by atoms with Crippen LogP contribution in [-0.4, -0.2) is 35.9 Å². The molecule has 0 amide bonds. The fraction of sp³-hybridized carbons (Fsp3) is 0.400. The second-order valence-corrected chi connectivity index (χ2v) is 7.06. The second-order valence-electron chi connectivity index (χ2n) is 7.06. The number of nitrogens with zero attached hydrogens (tertiary/aromatic N) is 1. The van der Waals surface area contributed by atoms with Crippen LogP contribution in [0.25, 0.3) is 0 Å². The van der Waals surface area contributed by atoms with Crippen LogP contribution in [0.3, 0.4) is 0 Å². The SMILES string of the molecule is COc1ccc2c(c1OC)CN1CCc3cc(O)c(O)cc3[C@@]1(C)C2. The Kier molecular flexibility index (Phi) is 3.58. The van der Waals surface area contributed by atoms with Crippen LogP contribution in [0.15, 0.2) is 24.3 Å². The quantitative estimate of drug-likeness (QED) is 0.823. The Bertz CT molecular complexity index is 848. The van der Waals surface area contributed by atoms with Crippen molar-refractivity contribution in [3.63, 3.8) is 0 Å². The Morgan fingerprint density at radius 2 is 1.80 bits per heavy atom. The van der Waals surface area contributed by atoms with Crippen LogP contribution in [0.1, 0.15) is 29.2 Å². The van der Waals surface area contributed by atoms with Gasteiger partial charge in [0.2, 0.25) is 0 Å². The van der Waals surface area contributed by atoms with E-state index < -0.39 is 0 Å². The van der Waals surface area contributed by atoms with E-state index in [-0.39, 0.29) is 17.0 Å². The summed E-state index contributed by atoms with van der Waals surface area (Å²) in [5.74, 6) is 1.46. The van der Waals surface area contributed by atoms with Crippen molar-refractivity contribution < 1.29 is 19.7 Å². The van der Waals surface area contributed by atoms with Crippen LogP contribution in [-0.2, 0) is 24.9 Å². The summed E-state index contributed by atoms with van der Waals surface area (Å²) in [7, 11) is 3.34. The summed E-state index contributed by atoms with van der Waals surface area (Å²) < 4.78 is 11.1. The number of fused-ring (bicyclic) bond motifs is 4. The molecule has 1 atom stereocenters. The van der Waals surface area contributed by atoms with Crippen LogP contribution < -0.4 is 9.47 Å². The molecule has 0 bridgehead atoms. The van der Waals surface area contributed by atoms with Gasteiger partial charge in [-0.25, -0.2) is 0 Å². The van der Waals surface area contributed by atoms with Crippen molar-refractivity contribution in [2.75, 3.05) is 20.8 Å². The van der Waals surface area contributed by atoms with Crippen molar-refractivity contribution >= 4 is 0 Å². The highest BCUT2D eigenvalue weighted by Gasteiger charge is 2.43. The molecule has 0 saturated carbocycles. The smallest absolute Gasteiger partial charge is 0.165 e. The van der Waals surface area contributed by atoms with Crippen molar-refractivity contribution in [1.29, 1.82) is 0 Å². The highest BCUT2D eigenvalue weighted by atomic mass is 16.5. The molecule has 0 radical (unpaired) electrons. The van der Waals surface area contributed by atoms with E-state index in [1.165, 1.54) is 11.1 Å². The van der Waals surface area contributed by atoms with E-state index in [0.29, 0.717) is 0 Å². The Labute approximate surface area is 147 Å². The summed E-state index contributed by atoms with van der Waals surface area (Å²) in [4.78, 5) is 2.43. The largest absolute Gasteiger partial charge is 0.504 e. The van der Waals surface area contributed by atoms with Crippen molar-refractivity contribution in [3.05, 3.63) is 46.5 Å². The minimum atomic E-state index is -0.217. The Balaban J connectivity index is 1.85. The number of phenols is 2. The number of aromatic hydroxyl groups is 2. The van der Waals surface area contributed by atoms with Crippen LogP contribution in [0.5, 0.6) is 23.0 Å². The van der Waals surface area contributed by atoms with Gasteiger partial charge in [-0.05, 0) is 54.7 Å². The van der Waals surface area contributed by atoms with E-state index in [0.717, 1.165) is 48.6 Å². The number of hydrogen-bond donors (Lipinski definition) is 2. The zero-order valence-electron chi connectivity index (χ0n) is 14.8. The first kappa shape index (κ1) is 16.1. The minimum absolute atomic E-state index is 0.0431. The van der Waals surface area contributed by atoms with Gasteiger partial charge in [0.1, 0.15) is 0 Å². The van der Waals surface area contributed by atoms with Gasteiger partial charge in [0.25, 0.3) is 0 Å². The zero-order chi connectivity index (χ0) is 17.8. The van der Waals surface area contributed by atoms with Crippen molar-refractivity contribution in [3.8, 4) is 23.0 Å². The number of phenolic OH excluding ortho intramolecular Hbond substituents is 2. The van der Waals surface area contributed by atoms with Gasteiger partial charge in [-0.15, -0.1) is 0 Å². The molecule has 0 saturated heterocycles. The maximum atomic E-state index is 10.0. The Morgan fingerprint density at radius 1 is 1.04 bits per heavy atom. The molecule has 2 aliphatic heterocycles. The molecule has 2 N–H and O–H groups in total. The first-order valence-electron chi connectivity index (χ1n) is 8.51. The maximum absolute atomic E-state index is 10.0. The third kappa shape index (κ3) is 2.26. The lowest BCUT2D eigenvalue weighted by Crippen LogP contribution is -2.52. The third-order valence-electron chi connectivity index (χ3n) is 5.76. The summed E-state index contributed by atoms with van der Waals surface area (Å²) in [6, 6.07) is 7.49. The first-order valence-corrected chi connectivity index (χ1v) is 8.51. The van der Waals surface area contributed by atoms with Crippen LogP contribution in [0.4, 0.5) is 0 Å². The van der Waals surface area contributed by atoms with Crippen LogP contribution >= 0.6 is 0 Å². The average molecular weight is 341 g/mol. The lowest BCUT2D eigenvalue weighted by Gasteiger charge is -2.50. The van der Waals surface area contributed by atoms with Gasteiger partial charge in [0, 0.05) is 24.2 Å². The maximum Gasteiger partial charge on any atom is 0.165 e. The van der Waals surface area contributed by atoms with E-state index in [4.69, 9.17) is 9.47 Å². The number of methoxy groups -OCH3 is 2. The summed E-state index contributed by atoms with van der Waals surface area (Å²) in [6.07, 6.45) is 1.67. The topological polar surface area (TPSA) is 62.2 Å². The number of benzene rings is 2. The van der Waals surface area contributed by atoms with E-state index in [1.807, 2.05) is 6.07 Å². The van der Waals surface area contributed by atoms with Gasteiger partial charge in [-0.3, -0.25) is 4.90 Å². The molecular weight excluding hydrogens is 318 g/mol. The molecule has 5 heteroatoms. The molecule has 2 aliphatic rings. The fourth-order valence-electron chi connectivity index (χ4n) is 4.39. The van der Waals surface area contributed by atoms with Crippen LogP contribution in [0.2, 0.25) is 0 Å². The second kappa shape index (κ2) is 5.56. The molecule has 132 valence electrons. The van der Waals surface area contributed by atoms with Gasteiger partial charge >= 0.3 is 0 Å². The molecule has 25 heavy (non-hydrogen) atoms. The number of rotatable bonds is 2. The fourth-order valence-corrected chi connectivity index (χ4v) is 4.39. The van der Waals surface area contributed by atoms with E-state index in [9.17, 15) is 10.2 Å². The van der Waals surface area contributed by atoms with Gasteiger partial charge in [-0.1, -0.05) is 6.07 Å². The lowest BCUT2D eigenvalue weighted by atomic mass is 9.74. The molecule has 2 heterocycles. The summed E-state index contributed by atoms with van der Waals surface area (Å²) in [6.45, 7) is 3.88. The van der Waals surface area contributed by atoms with E-state index in [2.05, 4.69) is 17.9 Å². The van der Waals surface area contributed by atoms with Gasteiger partial charge < -0.3 is 19.7 Å². The molecular formula is C20H23NO4. The Hall–Kier alpha value is -2.40. The molecule has 5 nitrogen and oxygen atoms in total. The lowest BCUT2D eigenvalue weighted by molar-refractivity contribution is 0.0667. The van der Waals surface area contributed by atoms with Gasteiger partial charge in [-0.2, -0.15) is 0 Å². The first-order chi connectivity index (χ1) is 12.0. The third-order valence-corrected chi connectivity index (χ3v) is 5.76.